The average Bonchev–Trinajstić information content (AvgIpc) is 2.12. The van der Waals surface area contributed by atoms with E-state index in [1.165, 1.54) is 0 Å². The van der Waals surface area contributed by atoms with Gasteiger partial charge in [-0.25, -0.2) is 0 Å². The summed E-state index contributed by atoms with van der Waals surface area (Å²) in [7, 11) is 0. The molecular formula is C10H9BrClN. The Balaban J connectivity index is 2.66. The summed E-state index contributed by atoms with van der Waals surface area (Å²) >= 11 is 9.23. The molecule has 1 N–H and O–H groups in total. The Kier molecular flexibility index (Phi) is 4.14. The lowest BCUT2D eigenvalue weighted by Gasteiger charge is -2.03. The van der Waals surface area contributed by atoms with E-state index in [-0.39, 0.29) is 0 Å². The Morgan fingerprint density at radius 2 is 2.31 bits per heavy atom. The largest absolute Gasteiger partial charge is 0.374 e. The van der Waals surface area contributed by atoms with E-state index < -0.39 is 0 Å². The summed E-state index contributed by atoms with van der Waals surface area (Å²) in [6.45, 7) is 2.46. The predicted octanol–water partition coefficient (Wildman–Crippen LogP) is 3.54. The highest BCUT2D eigenvalue weighted by Crippen LogP contribution is 2.25. The molecule has 0 saturated heterocycles. The number of benzene rings is 1. The van der Waals surface area contributed by atoms with Crippen LogP contribution in [0.15, 0.2) is 22.7 Å². The molecule has 13 heavy (non-hydrogen) atoms. The van der Waals surface area contributed by atoms with Gasteiger partial charge in [0.1, 0.15) is 0 Å². The molecule has 0 atom stereocenters. The lowest BCUT2D eigenvalue weighted by atomic mass is 10.3. The third-order valence-electron chi connectivity index (χ3n) is 1.48. The predicted molar refractivity (Wildman–Crippen MR) is 61.1 cm³/mol. The molecule has 0 heterocycles. The molecule has 1 aromatic rings. The van der Waals surface area contributed by atoms with E-state index in [1.807, 2.05) is 25.1 Å². The van der Waals surface area contributed by atoms with Gasteiger partial charge in [0.25, 0.3) is 0 Å². The lowest BCUT2D eigenvalue weighted by molar-refractivity contribution is 1.37. The van der Waals surface area contributed by atoms with Crippen molar-refractivity contribution >= 4 is 33.2 Å². The number of anilines is 1. The van der Waals surface area contributed by atoms with Crippen LogP contribution in [0, 0.1) is 11.8 Å². The molecule has 0 bridgehead atoms. The minimum atomic E-state index is 0.647. The van der Waals surface area contributed by atoms with Crippen LogP contribution in [0.25, 0.3) is 0 Å². The highest BCUT2D eigenvalue weighted by molar-refractivity contribution is 9.10. The van der Waals surface area contributed by atoms with E-state index >= 15 is 0 Å². The molecule has 1 rings (SSSR count). The van der Waals surface area contributed by atoms with E-state index in [2.05, 4.69) is 33.1 Å². The molecule has 0 unspecified atom stereocenters. The summed E-state index contributed by atoms with van der Waals surface area (Å²) in [4.78, 5) is 0. The molecule has 0 spiro atoms. The Morgan fingerprint density at radius 3 is 2.92 bits per heavy atom. The first-order valence-electron chi connectivity index (χ1n) is 3.82. The van der Waals surface area contributed by atoms with Gasteiger partial charge in [-0.2, -0.15) is 0 Å². The van der Waals surface area contributed by atoms with Gasteiger partial charge in [-0.3, -0.25) is 0 Å². The van der Waals surface area contributed by atoms with Crippen molar-refractivity contribution in [3.05, 3.63) is 27.7 Å². The third kappa shape index (κ3) is 3.30. The highest BCUT2D eigenvalue weighted by Gasteiger charge is 1.96. The number of halogens is 2. The van der Waals surface area contributed by atoms with Crippen LogP contribution in [-0.2, 0) is 0 Å². The van der Waals surface area contributed by atoms with Gasteiger partial charge < -0.3 is 5.32 Å². The standard InChI is InChI=1S/C10H9BrClN/c1-2-3-6-13-8-4-5-9(11)10(12)7-8/h4-5,7,13H,6H2,1H3. The molecule has 0 aromatic heterocycles. The van der Waals surface area contributed by atoms with Crippen molar-refractivity contribution in [2.45, 2.75) is 6.92 Å². The molecule has 0 radical (unpaired) electrons. The molecule has 1 aromatic carbocycles. The van der Waals surface area contributed by atoms with Crippen LogP contribution < -0.4 is 5.32 Å². The molecule has 1 nitrogen and oxygen atoms in total. The minimum absolute atomic E-state index is 0.647. The molecule has 68 valence electrons. The topological polar surface area (TPSA) is 12.0 Å². The van der Waals surface area contributed by atoms with Crippen LogP contribution in [0.3, 0.4) is 0 Å². The van der Waals surface area contributed by atoms with Gasteiger partial charge in [-0.05, 0) is 41.1 Å². The number of hydrogen-bond acceptors (Lipinski definition) is 1. The lowest BCUT2D eigenvalue weighted by Crippen LogP contribution is -1.97. The van der Waals surface area contributed by atoms with E-state index in [9.17, 15) is 0 Å². The third-order valence-corrected chi connectivity index (χ3v) is 2.71. The first kappa shape index (κ1) is 10.4. The molecule has 0 saturated carbocycles. The van der Waals surface area contributed by atoms with Crippen molar-refractivity contribution in [3.8, 4) is 11.8 Å². The maximum atomic E-state index is 5.90. The summed E-state index contributed by atoms with van der Waals surface area (Å²) in [6.07, 6.45) is 0. The summed E-state index contributed by atoms with van der Waals surface area (Å²) < 4.78 is 0.904. The first-order chi connectivity index (χ1) is 6.24. The number of rotatable bonds is 2. The van der Waals surface area contributed by atoms with Crippen molar-refractivity contribution in [2.75, 3.05) is 11.9 Å². The van der Waals surface area contributed by atoms with Crippen molar-refractivity contribution in [1.29, 1.82) is 0 Å². The Labute approximate surface area is 91.6 Å². The smallest absolute Gasteiger partial charge is 0.0765 e. The second-order valence-electron chi connectivity index (χ2n) is 2.41. The van der Waals surface area contributed by atoms with Gasteiger partial charge >= 0.3 is 0 Å². The SMILES string of the molecule is CC#CCNc1ccc(Br)c(Cl)c1. The number of hydrogen-bond donors (Lipinski definition) is 1. The maximum Gasteiger partial charge on any atom is 0.0765 e. The average molecular weight is 259 g/mol. The summed E-state index contributed by atoms with van der Waals surface area (Å²) in [5, 5.41) is 3.84. The summed E-state index contributed by atoms with van der Waals surface area (Å²) in [6, 6.07) is 5.72. The van der Waals surface area contributed by atoms with Crippen LogP contribution in [0.1, 0.15) is 6.92 Å². The molecule has 0 aliphatic rings. The molecule has 0 aliphatic carbocycles. The second kappa shape index (κ2) is 5.16. The van der Waals surface area contributed by atoms with E-state index in [0.29, 0.717) is 11.6 Å². The Bertz CT molecular complexity index is 352. The van der Waals surface area contributed by atoms with Crippen molar-refractivity contribution in [1.82, 2.24) is 0 Å². The van der Waals surface area contributed by atoms with Crippen LogP contribution in [-0.4, -0.2) is 6.54 Å². The van der Waals surface area contributed by atoms with Crippen molar-refractivity contribution in [3.63, 3.8) is 0 Å². The summed E-state index contributed by atoms with van der Waals surface area (Å²) in [5.74, 6) is 5.72. The van der Waals surface area contributed by atoms with Gasteiger partial charge in [0.15, 0.2) is 0 Å². The normalized spacial score (nSPS) is 8.85. The van der Waals surface area contributed by atoms with Crippen LogP contribution in [0.5, 0.6) is 0 Å². The van der Waals surface area contributed by atoms with Crippen molar-refractivity contribution < 1.29 is 0 Å². The van der Waals surface area contributed by atoms with E-state index in [0.717, 1.165) is 10.2 Å². The monoisotopic (exact) mass is 257 g/mol. The van der Waals surface area contributed by atoms with Gasteiger partial charge in [0, 0.05) is 10.2 Å². The van der Waals surface area contributed by atoms with Gasteiger partial charge in [-0.1, -0.05) is 17.5 Å². The molecule has 0 fully saturated rings. The van der Waals surface area contributed by atoms with Gasteiger partial charge in [-0.15, -0.1) is 5.92 Å². The molecule has 3 heteroatoms. The van der Waals surface area contributed by atoms with Gasteiger partial charge in [0.2, 0.25) is 0 Å². The Hall–Kier alpha value is -0.650. The first-order valence-corrected chi connectivity index (χ1v) is 4.99. The van der Waals surface area contributed by atoms with E-state index in [1.54, 1.807) is 0 Å². The van der Waals surface area contributed by atoms with Crippen LogP contribution >= 0.6 is 27.5 Å². The van der Waals surface area contributed by atoms with Crippen LogP contribution in [0.2, 0.25) is 5.02 Å². The fraction of sp³-hybridized carbons (Fsp3) is 0.200. The zero-order valence-corrected chi connectivity index (χ0v) is 9.54. The van der Waals surface area contributed by atoms with Crippen LogP contribution in [0.4, 0.5) is 5.69 Å². The molecular weight excluding hydrogens is 249 g/mol. The highest BCUT2D eigenvalue weighted by atomic mass is 79.9. The van der Waals surface area contributed by atoms with Crippen molar-refractivity contribution in [2.24, 2.45) is 0 Å². The summed E-state index contributed by atoms with van der Waals surface area (Å²) in [5.41, 5.74) is 0.982. The zero-order chi connectivity index (χ0) is 9.68. The fourth-order valence-corrected chi connectivity index (χ4v) is 1.27. The molecule has 0 amide bonds. The van der Waals surface area contributed by atoms with E-state index in [4.69, 9.17) is 11.6 Å². The second-order valence-corrected chi connectivity index (χ2v) is 3.67. The minimum Gasteiger partial charge on any atom is -0.374 e. The molecule has 0 aliphatic heterocycles. The fourth-order valence-electron chi connectivity index (χ4n) is 0.841. The zero-order valence-electron chi connectivity index (χ0n) is 7.20. The maximum absolute atomic E-state index is 5.90. The van der Waals surface area contributed by atoms with Gasteiger partial charge in [0.05, 0.1) is 11.6 Å². The quantitative estimate of drug-likeness (QED) is 0.800. The number of nitrogens with one attached hydrogen (secondary N) is 1. The Morgan fingerprint density at radius 1 is 1.54 bits per heavy atom.